The predicted molar refractivity (Wildman–Crippen MR) is 51.5 cm³/mol. The van der Waals surface area contributed by atoms with Crippen LogP contribution in [0, 0.1) is 0 Å². The highest BCUT2D eigenvalue weighted by atomic mass is 16.4. The van der Waals surface area contributed by atoms with Gasteiger partial charge in [0.1, 0.15) is 5.69 Å². The number of carboxylic acid groups (broad SMARTS) is 1. The minimum absolute atomic E-state index is 0.0822. The quantitative estimate of drug-likeness (QED) is 0.737. The molecule has 2 heterocycles. The number of carboxylic acids is 1. The fourth-order valence-electron chi connectivity index (χ4n) is 1.08. The van der Waals surface area contributed by atoms with Crippen LogP contribution in [-0.4, -0.2) is 37.1 Å². The fourth-order valence-corrected chi connectivity index (χ4v) is 1.08. The van der Waals surface area contributed by atoms with E-state index in [-0.39, 0.29) is 11.4 Å². The number of rotatable bonds is 3. The topological polar surface area (TPSA) is 98.0 Å². The summed E-state index contributed by atoms with van der Waals surface area (Å²) < 4.78 is 1.27. The largest absolute Gasteiger partial charge is 0.476 e. The van der Waals surface area contributed by atoms with Gasteiger partial charge in [-0.15, -0.1) is 0 Å². The SMILES string of the molecule is O=Cc1cnc(-n2ccc(C(=O)O)n2)cn1. The first-order chi connectivity index (χ1) is 7.70. The van der Waals surface area contributed by atoms with Crippen molar-refractivity contribution >= 4 is 12.3 Å². The summed E-state index contributed by atoms with van der Waals surface area (Å²) in [6.07, 6.45) is 4.64. The second-order valence-electron chi connectivity index (χ2n) is 2.87. The average Bonchev–Trinajstić information content (AvgIpc) is 2.78. The first-order valence-corrected chi connectivity index (χ1v) is 4.27. The van der Waals surface area contributed by atoms with Gasteiger partial charge in [-0.1, -0.05) is 0 Å². The number of aromatic nitrogens is 4. The lowest BCUT2D eigenvalue weighted by molar-refractivity contribution is 0.0690. The number of nitrogens with zero attached hydrogens (tertiary/aromatic N) is 4. The third-order valence-electron chi connectivity index (χ3n) is 1.82. The normalized spacial score (nSPS) is 10.0. The molecule has 2 aromatic heterocycles. The molecule has 0 fully saturated rings. The van der Waals surface area contributed by atoms with Crippen molar-refractivity contribution in [2.24, 2.45) is 0 Å². The van der Waals surface area contributed by atoms with Crippen LogP contribution in [0.1, 0.15) is 21.0 Å². The van der Waals surface area contributed by atoms with Gasteiger partial charge in [-0.05, 0) is 6.07 Å². The number of carbonyl (C=O) groups excluding carboxylic acids is 1. The number of carbonyl (C=O) groups is 2. The van der Waals surface area contributed by atoms with E-state index in [1.807, 2.05) is 0 Å². The van der Waals surface area contributed by atoms with E-state index >= 15 is 0 Å². The molecule has 0 aromatic carbocycles. The van der Waals surface area contributed by atoms with Gasteiger partial charge in [0.2, 0.25) is 0 Å². The zero-order valence-electron chi connectivity index (χ0n) is 7.94. The lowest BCUT2D eigenvalue weighted by Crippen LogP contribution is -2.03. The van der Waals surface area contributed by atoms with Gasteiger partial charge < -0.3 is 5.11 Å². The Morgan fingerprint density at radius 1 is 1.38 bits per heavy atom. The smallest absolute Gasteiger partial charge is 0.356 e. The molecule has 1 N–H and O–H groups in total. The maximum absolute atomic E-state index is 10.6. The third kappa shape index (κ3) is 1.78. The molecule has 0 amide bonds. The minimum Gasteiger partial charge on any atom is -0.476 e. The van der Waals surface area contributed by atoms with Gasteiger partial charge >= 0.3 is 5.97 Å². The maximum atomic E-state index is 10.6. The van der Waals surface area contributed by atoms with Crippen molar-refractivity contribution in [1.82, 2.24) is 19.7 Å². The molecule has 0 aliphatic rings. The lowest BCUT2D eigenvalue weighted by atomic mass is 10.4. The van der Waals surface area contributed by atoms with Crippen LogP contribution in [0.5, 0.6) is 0 Å². The van der Waals surface area contributed by atoms with Crippen LogP contribution in [0.4, 0.5) is 0 Å². The first-order valence-electron chi connectivity index (χ1n) is 4.27. The molecule has 7 heteroatoms. The minimum atomic E-state index is -1.11. The molecule has 0 aliphatic heterocycles. The Bertz CT molecular complexity index is 532. The van der Waals surface area contributed by atoms with Crippen LogP contribution in [0.25, 0.3) is 5.82 Å². The number of hydrogen-bond donors (Lipinski definition) is 1. The zero-order valence-corrected chi connectivity index (χ0v) is 7.94. The first kappa shape index (κ1) is 9.97. The molecule has 0 aliphatic carbocycles. The molecule has 2 aromatic rings. The molecule has 0 bridgehead atoms. The van der Waals surface area contributed by atoms with Gasteiger partial charge in [-0.25, -0.2) is 19.4 Å². The van der Waals surface area contributed by atoms with E-state index in [0.717, 1.165) is 0 Å². The second-order valence-corrected chi connectivity index (χ2v) is 2.87. The molecule has 0 spiro atoms. The summed E-state index contributed by atoms with van der Waals surface area (Å²) in [5.41, 5.74) is 0.121. The van der Waals surface area contributed by atoms with Crippen LogP contribution in [-0.2, 0) is 0 Å². The van der Waals surface area contributed by atoms with E-state index in [2.05, 4.69) is 15.1 Å². The molecule has 0 atom stereocenters. The summed E-state index contributed by atoms with van der Waals surface area (Å²) in [6, 6.07) is 1.34. The Morgan fingerprint density at radius 2 is 2.19 bits per heavy atom. The summed E-state index contributed by atoms with van der Waals surface area (Å²) in [4.78, 5) is 28.6. The summed E-state index contributed by atoms with van der Waals surface area (Å²) in [7, 11) is 0. The molecule has 0 saturated carbocycles. The predicted octanol–water partition coefficient (Wildman–Crippen LogP) is 0.173. The molecule has 0 unspecified atom stereocenters. The van der Waals surface area contributed by atoms with E-state index in [1.165, 1.54) is 29.3 Å². The summed E-state index contributed by atoms with van der Waals surface area (Å²) in [5.74, 6) is -0.769. The molecule has 0 saturated heterocycles. The van der Waals surface area contributed by atoms with Gasteiger partial charge in [-0.2, -0.15) is 5.10 Å². The Labute approximate surface area is 89.4 Å². The van der Waals surface area contributed by atoms with Crippen LogP contribution in [0.15, 0.2) is 24.7 Å². The summed E-state index contributed by atoms with van der Waals surface area (Å²) in [6.45, 7) is 0. The van der Waals surface area contributed by atoms with Crippen LogP contribution in [0.2, 0.25) is 0 Å². The highest BCUT2D eigenvalue weighted by molar-refractivity contribution is 5.85. The van der Waals surface area contributed by atoms with Gasteiger partial charge in [0, 0.05) is 6.20 Å². The Kier molecular flexibility index (Phi) is 2.42. The molecule has 16 heavy (non-hydrogen) atoms. The number of hydrogen-bond acceptors (Lipinski definition) is 5. The van der Waals surface area contributed by atoms with E-state index in [9.17, 15) is 9.59 Å². The van der Waals surface area contributed by atoms with Gasteiger partial charge in [0.25, 0.3) is 0 Å². The highest BCUT2D eigenvalue weighted by Crippen LogP contribution is 2.03. The van der Waals surface area contributed by atoms with Crippen molar-refractivity contribution in [3.05, 3.63) is 36.0 Å². The summed E-state index contributed by atoms with van der Waals surface area (Å²) in [5, 5.41) is 12.4. The van der Waals surface area contributed by atoms with Crippen molar-refractivity contribution in [2.75, 3.05) is 0 Å². The van der Waals surface area contributed by atoms with E-state index in [1.54, 1.807) is 0 Å². The van der Waals surface area contributed by atoms with Crippen LogP contribution in [0.3, 0.4) is 0 Å². The van der Waals surface area contributed by atoms with E-state index in [4.69, 9.17) is 5.11 Å². The van der Waals surface area contributed by atoms with Crippen molar-refractivity contribution in [2.45, 2.75) is 0 Å². The average molecular weight is 218 g/mol. The van der Waals surface area contributed by atoms with Crippen molar-refractivity contribution in [1.29, 1.82) is 0 Å². The molecule has 7 nitrogen and oxygen atoms in total. The molecular weight excluding hydrogens is 212 g/mol. The van der Waals surface area contributed by atoms with Crippen LogP contribution >= 0.6 is 0 Å². The van der Waals surface area contributed by atoms with Crippen LogP contribution < -0.4 is 0 Å². The molecule has 2 rings (SSSR count). The lowest BCUT2D eigenvalue weighted by Gasteiger charge is -1.98. The Hall–Kier alpha value is -2.57. The van der Waals surface area contributed by atoms with Crippen molar-refractivity contribution in [3.8, 4) is 5.82 Å². The van der Waals surface area contributed by atoms with Gasteiger partial charge in [-0.3, -0.25) is 4.79 Å². The van der Waals surface area contributed by atoms with Crippen molar-refractivity contribution in [3.63, 3.8) is 0 Å². The monoisotopic (exact) mass is 218 g/mol. The standard InChI is InChI=1S/C9H6N4O3/c14-5-6-3-11-8(4-10-6)13-2-1-7(12-13)9(15)16/h1-5H,(H,15,16). The van der Waals surface area contributed by atoms with Crippen molar-refractivity contribution < 1.29 is 14.7 Å². The third-order valence-corrected chi connectivity index (χ3v) is 1.82. The summed E-state index contributed by atoms with van der Waals surface area (Å²) >= 11 is 0. The maximum Gasteiger partial charge on any atom is 0.356 e. The Balaban J connectivity index is 2.35. The second kappa shape index (κ2) is 3.89. The Morgan fingerprint density at radius 3 is 2.69 bits per heavy atom. The molecule has 0 radical (unpaired) electrons. The zero-order chi connectivity index (χ0) is 11.5. The molecular formula is C9H6N4O3. The van der Waals surface area contributed by atoms with E-state index < -0.39 is 5.97 Å². The molecule has 80 valence electrons. The highest BCUT2D eigenvalue weighted by Gasteiger charge is 2.08. The van der Waals surface area contributed by atoms with Gasteiger partial charge in [0.15, 0.2) is 17.8 Å². The van der Waals surface area contributed by atoms with E-state index in [0.29, 0.717) is 12.1 Å². The van der Waals surface area contributed by atoms with Gasteiger partial charge in [0.05, 0.1) is 12.4 Å². The fraction of sp³-hybridized carbons (Fsp3) is 0. The number of aldehydes is 1. The number of aromatic carboxylic acids is 1.